The van der Waals surface area contributed by atoms with Crippen LogP contribution in [0.15, 0.2) is 47.2 Å². The van der Waals surface area contributed by atoms with Crippen LogP contribution < -0.4 is 5.73 Å². The minimum absolute atomic E-state index is 0.0171. The van der Waals surface area contributed by atoms with Crippen molar-refractivity contribution in [1.29, 1.82) is 15.8 Å². The summed E-state index contributed by atoms with van der Waals surface area (Å²) in [6.45, 7) is 0. The highest BCUT2D eigenvalue weighted by Crippen LogP contribution is 2.58. The third kappa shape index (κ3) is 2.48. The predicted octanol–water partition coefficient (Wildman–Crippen LogP) is 2.36. The molecule has 1 fully saturated rings. The van der Waals surface area contributed by atoms with E-state index >= 15 is 0 Å². The van der Waals surface area contributed by atoms with E-state index in [9.17, 15) is 20.6 Å². The lowest BCUT2D eigenvalue weighted by Crippen LogP contribution is -2.51. The van der Waals surface area contributed by atoms with Crippen LogP contribution in [-0.2, 0) is 4.74 Å². The number of allylic oxidation sites excluding steroid dienone is 2. The fourth-order valence-corrected chi connectivity index (χ4v) is 5.41. The van der Waals surface area contributed by atoms with Crippen molar-refractivity contribution in [3.63, 3.8) is 0 Å². The van der Waals surface area contributed by atoms with Crippen LogP contribution in [-0.4, -0.2) is 37.1 Å². The lowest BCUT2D eigenvalue weighted by molar-refractivity contribution is 0.0600. The van der Waals surface area contributed by atoms with Crippen molar-refractivity contribution >= 4 is 5.97 Å². The minimum Gasteiger partial charge on any atom is -0.465 e. The lowest BCUT2D eigenvalue weighted by atomic mass is 9.56. The fraction of sp³-hybridized carbons (Fsp3) is 0.391. The molecule has 30 heavy (non-hydrogen) atoms. The topological polar surface area (TPSA) is 127 Å². The zero-order chi connectivity index (χ0) is 21.6. The number of hydrogen-bond donors (Lipinski definition) is 1. The normalized spacial score (nSPS) is 29.1. The van der Waals surface area contributed by atoms with E-state index in [1.165, 1.54) is 7.11 Å². The van der Waals surface area contributed by atoms with E-state index in [0.29, 0.717) is 5.56 Å². The number of fused-ring (bicyclic) bond motifs is 4. The Labute approximate surface area is 175 Å². The van der Waals surface area contributed by atoms with Crippen LogP contribution in [0.2, 0.25) is 0 Å². The Morgan fingerprint density at radius 2 is 1.87 bits per heavy atom. The molecule has 0 radical (unpaired) electrons. The number of carbonyl (C=O) groups excluding carboxylic acids is 1. The van der Waals surface area contributed by atoms with E-state index in [1.54, 1.807) is 24.3 Å². The van der Waals surface area contributed by atoms with E-state index in [-0.39, 0.29) is 29.3 Å². The summed E-state index contributed by atoms with van der Waals surface area (Å²) in [6.07, 6.45) is 3.95. The monoisotopic (exact) mass is 399 g/mol. The van der Waals surface area contributed by atoms with Gasteiger partial charge in [-0.25, -0.2) is 4.79 Å². The van der Waals surface area contributed by atoms with Crippen LogP contribution in [0.5, 0.6) is 0 Å². The molecule has 7 heteroatoms. The number of hydrogen-bond acceptors (Lipinski definition) is 7. The molecule has 1 aliphatic carbocycles. The average Bonchev–Trinajstić information content (AvgIpc) is 3.01. The molecule has 1 aromatic rings. The van der Waals surface area contributed by atoms with Crippen LogP contribution in [0.3, 0.4) is 0 Å². The summed E-state index contributed by atoms with van der Waals surface area (Å²) in [6, 6.07) is 13.6. The van der Waals surface area contributed by atoms with Gasteiger partial charge in [-0.3, -0.25) is 4.90 Å². The Morgan fingerprint density at radius 1 is 1.20 bits per heavy atom. The zero-order valence-corrected chi connectivity index (χ0v) is 16.8. The number of rotatable bonds is 2. The van der Waals surface area contributed by atoms with Gasteiger partial charge in [0.05, 0.1) is 36.1 Å². The summed E-state index contributed by atoms with van der Waals surface area (Å²) < 4.78 is 4.77. The van der Waals surface area contributed by atoms with Crippen LogP contribution in [0, 0.1) is 45.3 Å². The Morgan fingerprint density at radius 3 is 2.43 bits per heavy atom. The summed E-state index contributed by atoms with van der Waals surface area (Å²) in [4.78, 5) is 14.1. The van der Waals surface area contributed by atoms with Crippen molar-refractivity contribution in [3.05, 3.63) is 58.3 Å². The number of nitrogens with zero attached hydrogens (tertiary/aromatic N) is 4. The average molecular weight is 399 g/mol. The van der Waals surface area contributed by atoms with Gasteiger partial charge in [-0.05, 0) is 43.2 Å². The van der Waals surface area contributed by atoms with E-state index in [2.05, 4.69) is 29.2 Å². The van der Waals surface area contributed by atoms with E-state index in [0.717, 1.165) is 24.0 Å². The Balaban J connectivity index is 1.96. The fourth-order valence-electron chi connectivity index (χ4n) is 5.41. The lowest BCUT2D eigenvalue weighted by Gasteiger charge is -2.48. The Hall–Kier alpha value is -3.60. The van der Waals surface area contributed by atoms with Gasteiger partial charge in [0.15, 0.2) is 5.41 Å². The molecule has 1 saturated heterocycles. The Bertz CT molecular complexity index is 1080. The van der Waals surface area contributed by atoms with E-state index in [1.807, 2.05) is 7.05 Å². The predicted molar refractivity (Wildman–Crippen MR) is 107 cm³/mol. The molecule has 2 bridgehead atoms. The number of benzene rings is 1. The smallest absolute Gasteiger partial charge is 0.337 e. The molecule has 0 saturated carbocycles. The molecule has 7 nitrogen and oxygen atoms in total. The van der Waals surface area contributed by atoms with Gasteiger partial charge in [0, 0.05) is 23.9 Å². The highest BCUT2D eigenvalue weighted by molar-refractivity contribution is 5.89. The van der Waals surface area contributed by atoms with Crippen molar-refractivity contribution in [2.75, 3.05) is 14.2 Å². The number of esters is 1. The molecular formula is C23H21N5O2. The van der Waals surface area contributed by atoms with Gasteiger partial charge in [0.2, 0.25) is 0 Å². The molecule has 2 heterocycles. The molecule has 2 aliphatic heterocycles. The number of nitrogens with two attached hydrogens (primary N) is 1. The molecule has 2 unspecified atom stereocenters. The zero-order valence-electron chi connectivity index (χ0n) is 16.8. The van der Waals surface area contributed by atoms with Gasteiger partial charge in [-0.1, -0.05) is 18.2 Å². The second kappa shape index (κ2) is 7.02. The maximum atomic E-state index is 11.8. The van der Waals surface area contributed by atoms with E-state index in [4.69, 9.17) is 10.5 Å². The molecule has 0 aromatic heterocycles. The number of carbonyl (C=O) groups is 1. The van der Waals surface area contributed by atoms with Gasteiger partial charge in [-0.2, -0.15) is 15.8 Å². The van der Waals surface area contributed by atoms with Gasteiger partial charge in [-0.15, -0.1) is 0 Å². The van der Waals surface area contributed by atoms with Crippen molar-refractivity contribution < 1.29 is 9.53 Å². The number of methoxy groups -OCH3 is 1. The molecule has 150 valence electrons. The second-order valence-electron chi connectivity index (χ2n) is 8.05. The molecule has 0 spiro atoms. The largest absolute Gasteiger partial charge is 0.465 e. The van der Waals surface area contributed by atoms with Gasteiger partial charge < -0.3 is 10.5 Å². The number of ether oxygens (including phenoxy) is 1. The first-order valence-corrected chi connectivity index (χ1v) is 9.78. The summed E-state index contributed by atoms with van der Waals surface area (Å²) in [5.74, 6) is -1.24. The number of nitriles is 3. The first-order chi connectivity index (χ1) is 14.4. The maximum absolute atomic E-state index is 11.8. The molecule has 3 aliphatic rings. The standard InChI is InChI=1S/C23H21N5O2/c1-28-15-7-8-18(28)19-16(9-15)17(10-24)21(27)23(11-25,12-26)20(19)13-3-5-14(6-4-13)22(29)30-2/h3-6,9,15,18-20H,7-8,27H2,1-2H3/t15?,18?,19-,20-/m0/s1. The van der Waals surface area contributed by atoms with Gasteiger partial charge in [0.25, 0.3) is 0 Å². The maximum Gasteiger partial charge on any atom is 0.337 e. The van der Waals surface area contributed by atoms with Crippen molar-refractivity contribution in [1.82, 2.24) is 4.90 Å². The van der Waals surface area contributed by atoms with Gasteiger partial charge >= 0.3 is 5.97 Å². The molecule has 0 amide bonds. The van der Waals surface area contributed by atoms with E-state index < -0.39 is 17.3 Å². The summed E-state index contributed by atoms with van der Waals surface area (Å²) in [5, 5.41) is 30.2. The molecule has 1 aromatic carbocycles. The molecule has 4 atom stereocenters. The third-order valence-corrected chi connectivity index (χ3v) is 6.91. The summed E-state index contributed by atoms with van der Waals surface area (Å²) in [7, 11) is 3.36. The molecule has 4 rings (SSSR count). The SMILES string of the molecule is COC(=O)c1ccc([C@H]2[C@H]3C(=CC4CCC3N4C)C(C#N)=C(N)C2(C#N)C#N)cc1. The highest BCUT2D eigenvalue weighted by Gasteiger charge is 2.58. The third-order valence-electron chi connectivity index (χ3n) is 6.91. The molecular weight excluding hydrogens is 378 g/mol. The minimum atomic E-state index is -1.67. The van der Waals surface area contributed by atoms with Crippen molar-refractivity contribution in [3.8, 4) is 18.2 Å². The first kappa shape index (κ1) is 19.7. The highest BCUT2D eigenvalue weighted by atomic mass is 16.5. The second-order valence-corrected chi connectivity index (χ2v) is 8.05. The summed E-state index contributed by atoms with van der Waals surface area (Å²) in [5.41, 5.74) is 6.92. The van der Waals surface area contributed by atoms with Crippen molar-refractivity contribution in [2.24, 2.45) is 17.1 Å². The van der Waals surface area contributed by atoms with Crippen LogP contribution >= 0.6 is 0 Å². The quantitative estimate of drug-likeness (QED) is 0.756. The van der Waals surface area contributed by atoms with Crippen LogP contribution in [0.25, 0.3) is 0 Å². The van der Waals surface area contributed by atoms with Gasteiger partial charge in [0.1, 0.15) is 6.07 Å². The number of likely N-dealkylation sites (N-methyl/N-ethyl adjacent to an activating group) is 1. The van der Waals surface area contributed by atoms with Crippen LogP contribution in [0.1, 0.15) is 34.7 Å². The summed E-state index contributed by atoms with van der Waals surface area (Å²) >= 11 is 0. The first-order valence-electron chi connectivity index (χ1n) is 9.78. The van der Waals surface area contributed by atoms with Crippen LogP contribution in [0.4, 0.5) is 0 Å². The van der Waals surface area contributed by atoms with Crippen molar-refractivity contribution in [2.45, 2.75) is 30.8 Å². The Kier molecular flexibility index (Phi) is 4.61. The molecule has 2 N–H and O–H groups in total.